The monoisotopic (exact) mass is 263 g/mol. The molecular weight excluding hydrogens is 248 g/mol. The molecule has 2 nitrogen and oxygen atoms in total. The van der Waals surface area contributed by atoms with Crippen LogP contribution in [0.2, 0.25) is 0 Å². The number of nitrogens with one attached hydrogen (secondary N) is 1. The summed E-state index contributed by atoms with van der Waals surface area (Å²) in [5.74, 6) is -0.133. The summed E-state index contributed by atoms with van der Waals surface area (Å²) >= 11 is 0. The molecule has 0 saturated heterocycles. The lowest BCUT2D eigenvalue weighted by Crippen LogP contribution is -2.12. The maximum atomic E-state index is 13.5. The van der Waals surface area contributed by atoms with E-state index in [1.54, 1.807) is 0 Å². The Morgan fingerprint density at radius 1 is 1.05 bits per heavy atom. The van der Waals surface area contributed by atoms with E-state index in [-0.39, 0.29) is 5.69 Å². The molecule has 0 aliphatic carbocycles. The summed E-state index contributed by atoms with van der Waals surface area (Å²) in [4.78, 5) is 0. The van der Waals surface area contributed by atoms with Crippen LogP contribution in [-0.4, -0.2) is 13.2 Å². The van der Waals surface area contributed by atoms with Crippen LogP contribution in [0.1, 0.15) is 5.56 Å². The average molecular weight is 263 g/mol. The molecule has 100 valence electrons. The highest BCUT2D eigenvalue weighted by Gasteiger charge is 2.06. The normalized spacial score (nSPS) is 10.3. The minimum absolute atomic E-state index is 0.153. The lowest BCUT2D eigenvalue weighted by Gasteiger charge is -2.10. The molecule has 0 aliphatic heterocycles. The predicted octanol–water partition coefficient (Wildman–Crippen LogP) is 3.76. The summed E-state index contributed by atoms with van der Waals surface area (Å²) in [6.07, 6.45) is 0. The van der Waals surface area contributed by atoms with E-state index in [1.807, 2.05) is 30.3 Å². The molecule has 0 radical (unpaired) electrons. The zero-order valence-electron chi connectivity index (χ0n) is 10.6. The number of ether oxygens (including phenoxy) is 1. The molecule has 0 bridgehead atoms. The molecule has 0 amide bonds. The Balaban J connectivity index is 1.85. The van der Waals surface area contributed by atoms with E-state index >= 15 is 0 Å². The molecule has 0 aromatic heterocycles. The maximum Gasteiger partial charge on any atom is 0.146 e. The van der Waals surface area contributed by atoms with Crippen LogP contribution in [0.4, 0.5) is 14.5 Å². The maximum absolute atomic E-state index is 13.5. The van der Waals surface area contributed by atoms with Crippen molar-refractivity contribution in [3.8, 4) is 5.75 Å². The number of para-hydroxylation sites is 1. The molecule has 2 aromatic carbocycles. The lowest BCUT2D eigenvalue weighted by molar-refractivity contribution is 0.332. The topological polar surface area (TPSA) is 21.3 Å². The van der Waals surface area contributed by atoms with Crippen molar-refractivity contribution in [1.82, 2.24) is 0 Å². The standard InChI is InChI=1S/C15H15F2NO/c1-11-9-14(17)15(10-13(11)16)18-7-8-19-12-5-3-2-4-6-12/h2-6,9-10,18H,7-8H2,1H3. The number of hydrogen-bond donors (Lipinski definition) is 1. The van der Waals surface area contributed by atoms with Gasteiger partial charge in [0.1, 0.15) is 24.0 Å². The van der Waals surface area contributed by atoms with Crippen LogP contribution in [0.15, 0.2) is 42.5 Å². The third-order valence-electron chi connectivity index (χ3n) is 2.68. The van der Waals surface area contributed by atoms with Crippen molar-refractivity contribution in [2.45, 2.75) is 6.92 Å². The molecule has 0 unspecified atom stereocenters. The van der Waals surface area contributed by atoms with Crippen LogP contribution in [0, 0.1) is 18.6 Å². The van der Waals surface area contributed by atoms with E-state index in [2.05, 4.69) is 5.32 Å². The van der Waals surface area contributed by atoms with Gasteiger partial charge >= 0.3 is 0 Å². The van der Waals surface area contributed by atoms with Gasteiger partial charge in [-0.3, -0.25) is 0 Å². The van der Waals surface area contributed by atoms with Crippen molar-refractivity contribution in [3.05, 3.63) is 59.7 Å². The van der Waals surface area contributed by atoms with Crippen molar-refractivity contribution in [1.29, 1.82) is 0 Å². The van der Waals surface area contributed by atoms with Gasteiger partial charge in [0.2, 0.25) is 0 Å². The third kappa shape index (κ3) is 3.68. The SMILES string of the molecule is Cc1cc(F)c(NCCOc2ccccc2)cc1F. The van der Waals surface area contributed by atoms with E-state index < -0.39 is 11.6 Å². The molecule has 0 spiro atoms. The molecule has 0 saturated carbocycles. The summed E-state index contributed by atoms with van der Waals surface area (Å²) in [7, 11) is 0. The van der Waals surface area contributed by atoms with Gasteiger partial charge in [-0.15, -0.1) is 0 Å². The van der Waals surface area contributed by atoms with Gasteiger partial charge in [-0.1, -0.05) is 18.2 Å². The van der Waals surface area contributed by atoms with E-state index in [9.17, 15) is 8.78 Å². The number of rotatable bonds is 5. The number of aryl methyl sites for hydroxylation is 1. The molecule has 0 atom stereocenters. The second-order valence-electron chi connectivity index (χ2n) is 4.17. The molecule has 2 aromatic rings. The molecule has 0 fully saturated rings. The molecular formula is C15H15F2NO. The fraction of sp³-hybridized carbons (Fsp3) is 0.200. The first-order valence-electron chi connectivity index (χ1n) is 6.04. The van der Waals surface area contributed by atoms with Crippen LogP contribution in [0.3, 0.4) is 0 Å². The molecule has 2 rings (SSSR count). The van der Waals surface area contributed by atoms with Gasteiger partial charge in [0.05, 0.1) is 5.69 Å². The number of anilines is 1. The van der Waals surface area contributed by atoms with Gasteiger partial charge < -0.3 is 10.1 Å². The predicted molar refractivity (Wildman–Crippen MR) is 71.5 cm³/mol. The van der Waals surface area contributed by atoms with Crippen LogP contribution < -0.4 is 10.1 Å². The zero-order chi connectivity index (χ0) is 13.7. The third-order valence-corrected chi connectivity index (χ3v) is 2.68. The van der Waals surface area contributed by atoms with Crippen LogP contribution in [0.5, 0.6) is 5.75 Å². The number of hydrogen-bond acceptors (Lipinski definition) is 2. The van der Waals surface area contributed by atoms with Gasteiger partial charge in [0, 0.05) is 12.6 Å². The lowest BCUT2D eigenvalue weighted by atomic mass is 10.2. The minimum Gasteiger partial charge on any atom is -0.492 e. The van der Waals surface area contributed by atoms with Crippen molar-refractivity contribution in [3.63, 3.8) is 0 Å². The highest BCUT2D eigenvalue weighted by atomic mass is 19.1. The Kier molecular flexibility index (Phi) is 4.34. The zero-order valence-corrected chi connectivity index (χ0v) is 10.6. The largest absolute Gasteiger partial charge is 0.492 e. The summed E-state index contributed by atoms with van der Waals surface area (Å²) in [5.41, 5.74) is 0.448. The average Bonchev–Trinajstić information content (AvgIpc) is 2.41. The number of halogens is 2. The van der Waals surface area contributed by atoms with E-state index in [1.165, 1.54) is 13.0 Å². The molecule has 0 aliphatic rings. The fourth-order valence-electron chi connectivity index (χ4n) is 1.65. The van der Waals surface area contributed by atoms with E-state index in [0.29, 0.717) is 18.7 Å². The molecule has 0 heterocycles. The minimum atomic E-state index is -0.460. The molecule has 1 N–H and O–H groups in total. The second kappa shape index (κ2) is 6.18. The van der Waals surface area contributed by atoms with E-state index in [4.69, 9.17) is 4.74 Å². The quantitative estimate of drug-likeness (QED) is 0.829. The Morgan fingerprint density at radius 3 is 2.53 bits per heavy atom. The first kappa shape index (κ1) is 13.3. The van der Waals surface area contributed by atoms with Crippen molar-refractivity contribution in [2.75, 3.05) is 18.5 Å². The highest BCUT2D eigenvalue weighted by Crippen LogP contribution is 2.18. The Morgan fingerprint density at radius 2 is 1.79 bits per heavy atom. The smallest absolute Gasteiger partial charge is 0.146 e. The summed E-state index contributed by atoms with van der Waals surface area (Å²) < 4.78 is 32.2. The molecule has 19 heavy (non-hydrogen) atoms. The second-order valence-corrected chi connectivity index (χ2v) is 4.17. The van der Waals surface area contributed by atoms with Gasteiger partial charge in [-0.25, -0.2) is 8.78 Å². The van der Waals surface area contributed by atoms with Gasteiger partial charge in [0.15, 0.2) is 0 Å². The summed E-state index contributed by atoms with van der Waals surface area (Å²) in [6.45, 7) is 2.30. The molecule has 4 heteroatoms. The van der Waals surface area contributed by atoms with Crippen molar-refractivity contribution >= 4 is 5.69 Å². The van der Waals surface area contributed by atoms with Gasteiger partial charge in [-0.05, 0) is 30.7 Å². The first-order chi connectivity index (χ1) is 9.16. The van der Waals surface area contributed by atoms with Crippen molar-refractivity contribution < 1.29 is 13.5 Å². The van der Waals surface area contributed by atoms with Gasteiger partial charge in [-0.2, -0.15) is 0 Å². The summed E-state index contributed by atoms with van der Waals surface area (Å²) in [5, 5.41) is 2.81. The van der Waals surface area contributed by atoms with Crippen molar-refractivity contribution in [2.24, 2.45) is 0 Å². The highest BCUT2D eigenvalue weighted by molar-refractivity contribution is 5.46. The van der Waals surface area contributed by atoms with Gasteiger partial charge in [0.25, 0.3) is 0 Å². The Hall–Kier alpha value is -2.10. The fourth-order valence-corrected chi connectivity index (χ4v) is 1.65. The first-order valence-corrected chi connectivity index (χ1v) is 6.04. The summed E-state index contributed by atoms with van der Waals surface area (Å²) in [6, 6.07) is 11.7. The number of benzene rings is 2. The Bertz CT molecular complexity index is 543. The van der Waals surface area contributed by atoms with E-state index in [0.717, 1.165) is 11.8 Å². The van der Waals surface area contributed by atoms with Crippen LogP contribution >= 0.6 is 0 Å². The van der Waals surface area contributed by atoms with Crippen LogP contribution in [0.25, 0.3) is 0 Å². The van der Waals surface area contributed by atoms with Crippen LogP contribution in [-0.2, 0) is 0 Å². The Labute approximate surface area is 111 Å².